The Bertz CT molecular complexity index is 1060. The minimum absolute atomic E-state index is 0.283. The number of nitrogens with zero attached hydrogens (tertiary/aromatic N) is 1. The van der Waals surface area contributed by atoms with E-state index in [1.807, 2.05) is 5.32 Å². The minimum Gasteiger partial charge on any atom is -0.506 e. The summed E-state index contributed by atoms with van der Waals surface area (Å²) < 4.78 is 87.7. The van der Waals surface area contributed by atoms with E-state index < -0.39 is 68.5 Å². The Morgan fingerprint density at radius 3 is 2.12 bits per heavy atom. The van der Waals surface area contributed by atoms with Gasteiger partial charge in [0.15, 0.2) is 0 Å². The molecule has 8 nitrogen and oxygen atoms in total. The van der Waals surface area contributed by atoms with Crippen LogP contribution in [-0.4, -0.2) is 39.4 Å². The summed E-state index contributed by atoms with van der Waals surface area (Å²) >= 11 is 9.32. The van der Waals surface area contributed by atoms with Crippen molar-refractivity contribution in [1.82, 2.24) is 0 Å². The lowest BCUT2D eigenvalue weighted by Gasteiger charge is -2.22. The number of phenols is 1. The number of non-ortho nitro benzene ring substituents is 1. The number of aromatic hydroxyl groups is 1. The molecule has 0 aromatic heterocycles. The number of anilines is 1. The minimum atomic E-state index is -4.76. The lowest BCUT2D eigenvalue weighted by molar-refractivity contribution is -0.384. The molecule has 0 aliphatic heterocycles. The van der Waals surface area contributed by atoms with Crippen LogP contribution in [0.1, 0.15) is 10.4 Å². The topological polar surface area (TPSA) is 111 Å². The number of benzene rings is 2. The highest BCUT2D eigenvalue weighted by atomic mass is 35.5. The van der Waals surface area contributed by atoms with Crippen LogP contribution < -0.4 is 14.8 Å². The van der Waals surface area contributed by atoms with Gasteiger partial charge >= 0.3 is 12.2 Å². The molecule has 0 saturated carbocycles. The second kappa shape index (κ2) is 9.79. The number of nitrogens with one attached hydrogen (secondary N) is 1. The number of amides is 1. The van der Waals surface area contributed by atoms with Crippen LogP contribution in [-0.2, 0) is 0 Å². The van der Waals surface area contributed by atoms with Gasteiger partial charge in [0, 0.05) is 12.1 Å². The zero-order valence-electron chi connectivity index (χ0n) is 15.6. The van der Waals surface area contributed by atoms with Gasteiger partial charge < -0.3 is 19.9 Å². The second-order valence-electron chi connectivity index (χ2n) is 6.00. The van der Waals surface area contributed by atoms with Crippen molar-refractivity contribution >= 4 is 40.5 Å². The van der Waals surface area contributed by atoms with Crippen molar-refractivity contribution in [2.45, 2.75) is 23.5 Å². The molecule has 0 bridgehead atoms. The third-order valence-electron chi connectivity index (χ3n) is 3.65. The fourth-order valence-corrected chi connectivity index (χ4v) is 2.25. The van der Waals surface area contributed by atoms with Crippen molar-refractivity contribution < 1.29 is 50.6 Å². The molecule has 0 heterocycles. The van der Waals surface area contributed by atoms with Crippen molar-refractivity contribution in [2.24, 2.45) is 0 Å². The summed E-state index contributed by atoms with van der Waals surface area (Å²) in [5.74, 6) is -4.34. The molecule has 1 amide bonds. The van der Waals surface area contributed by atoms with E-state index in [9.17, 15) is 46.4 Å². The van der Waals surface area contributed by atoms with Crippen LogP contribution in [0.2, 0.25) is 0 Å². The number of phenolic OH excluding ortho intramolecular Hbond substituents is 1. The number of hydrogen-bond acceptors (Lipinski definition) is 6. The van der Waals surface area contributed by atoms with Crippen molar-refractivity contribution in [3.05, 3.63) is 52.1 Å². The Balaban J connectivity index is 2.43. The molecule has 2 aromatic carbocycles. The van der Waals surface area contributed by atoms with Gasteiger partial charge in [-0.05, 0) is 18.2 Å². The molecule has 2 aromatic rings. The Morgan fingerprint density at radius 1 is 1.03 bits per heavy atom. The molecular weight excluding hydrogens is 513 g/mol. The van der Waals surface area contributed by atoms with E-state index in [0.29, 0.717) is 18.2 Å². The summed E-state index contributed by atoms with van der Waals surface area (Å²) in [6, 6.07) is 3.97. The molecule has 0 radical (unpaired) electrons. The van der Waals surface area contributed by atoms with Crippen LogP contribution in [0, 0.1) is 10.1 Å². The Labute approximate surface area is 189 Å². The molecule has 0 saturated heterocycles. The Hall–Kier alpha value is -3.13. The highest BCUT2D eigenvalue weighted by molar-refractivity contribution is 6.20. The fourth-order valence-electron chi connectivity index (χ4n) is 2.16. The number of halogens is 8. The summed E-state index contributed by atoms with van der Waals surface area (Å²) in [4.78, 5) is 22.3. The normalized spacial score (nSPS) is 13.7. The number of carbonyl (C=O) groups is 1. The molecule has 2 atom stereocenters. The highest BCUT2D eigenvalue weighted by Gasteiger charge is 2.44. The molecule has 2 rings (SSSR count). The lowest BCUT2D eigenvalue weighted by Crippen LogP contribution is -2.34. The third kappa shape index (κ3) is 6.44. The van der Waals surface area contributed by atoms with Crippen LogP contribution >= 0.6 is 23.2 Å². The number of hydrogen-bond donors (Lipinski definition) is 2. The van der Waals surface area contributed by atoms with Crippen LogP contribution in [0.3, 0.4) is 0 Å². The molecule has 0 fully saturated rings. The number of nitro benzene ring substituents is 1. The maximum Gasteiger partial charge on any atom is 0.444 e. The van der Waals surface area contributed by atoms with E-state index in [4.69, 9.17) is 0 Å². The standard InChI is InChI=1S/C17H10Cl2F6N2O6/c18-14(20)16(22,23)32-8-2-3-9(12(6-8)33-17(24,25)15(19)21)13(29)26-10-4-1-7(27(30)31)5-11(10)28/h1-6,14-15,28H,(H,26,29). The van der Waals surface area contributed by atoms with Gasteiger partial charge in [-0.25, -0.2) is 8.78 Å². The predicted molar refractivity (Wildman–Crippen MR) is 102 cm³/mol. The largest absolute Gasteiger partial charge is 0.506 e. The van der Waals surface area contributed by atoms with Gasteiger partial charge in [0.2, 0.25) is 0 Å². The zero-order valence-corrected chi connectivity index (χ0v) is 17.1. The number of nitro groups is 1. The summed E-state index contributed by atoms with van der Waals surface area (Å²) in [7, 11) is 0. The number of rotatable bonds is 9. The SMILES string of the molecule is O=C(Nc1ccc([N+](=O)[O-])cc1O)c1ccc(OC(F)(F)C(F)Cl)cc1OC(F)(F)C(F)Cl. The van der Waals surface area contributed by atoms with Crippen molar-refractivity contribution in [1.29, 1.82) is 0 Å². The highest BCUT2D eigenvalue weighted by Crippen LogP contribution is 2.37. The number of ether oxygens (including phenoxy) is 2. The van der Waals surface area contributed by atoms with Crippen LogP contribution in [0.25, 0.3) is 0 Å². The monoisotopic (exact) mass is 522 g/mol. The smallest absolute Gasteiger partial charge is 0.444 e. The third-order valence-corrected chi connectivity index (χ3v) is 4.15. The first-order chi connectivity index (χ1) is 15.1. The predicted octanol–water partition coefficient (Wildman–Crippen LogP) is 5.56. The molecule has 2 N–H and O–H groups in total. The Morgan fingerprint density at radius 2 is 1.61 bits per heavy atom. The van der Waals surface area contributed by atoms with Crippen molar-refractivity contribution in [2.75, 3.05) is 5.32 Å². The lowest BCUT2D eigenvalue weighted by atomic mass is 10.1. The molecule has 16 heteroatoms. The van der Waals surface area contributed by atoms with E-state index in [-0.39, 0.29) is 6.07 Å². The van der Waals surface area contributed by atoms with E-state index in [1.54, 1.807) is 0 Å². The van der Waals surface area contributed by atoms with Gasteiger partial charge in [0.05, 0.1) is 22.2 Å². The van der Waals surface area contributed by atoms with Gasteiger partial charge in [0.1, 0.15) is 17.2 Å². The molecule has 0 aliphatic carbocycles. The fraction of sp³-hybridized carbons (Fsp3) is 0.235. The van der Waals surface area contributed by atoms with E-state index in [0.717, 1.165) is 12.1 Å². The number of carbonyl (C=O) groups excluding carboxylic acids is 1. The molecule has 2 unspecified atom stereocenters. The van der Waals surface area contributed by atoms with Gasteiger partial charge in [-0.2, -0.15) is 17.6 Å². The first-order valence-corrected chi connectivity index (χ1v) is 9.14. The summed E-state index contributed by atoms with van der Waals surface area (Å²) in [5, 5.41) is 22.5. The average molecular weight is 523 g/mol. The zero-order chi connectivity index (χ0) is 25.1. The van der Waals surface area contributed by atoms with Gasteiger partial charge in [-0.15, -0.1) is 0 Å². The molecular formula is C17H10Cl2F6N2O6. The van der Waals surface area contributed by atoms with Gasteiger partial charge in [-0.3, -0.25) is 14.9 Å². The summed E-state index contributed by atoms with van der Waals surface area (Å²) in [5.41, 5.74) is -8.56. The van der Waals surface area contributed by atoms with E-state index in [1.165, 1.54) is 0 Å². The maximum atomic E-state index is 13.6. The first-order valence-electron chi connectivity index (χ1n) is 8.27. The molecule has 33 heavy (non-hydrogen) atoms. The first kappa shape index (κ1) is 26.1. The second-order valence-corrected chi connectivity index (χ2v) is 6.77. The molecule has 180 valence electrons. The average Bonchev–Trinajstić information content (AvgIpc) is 2.68. The quantitative estimate of drug-likeness (QED) is 0.146. The van der Waals surface area contributed by atoms with E-state index in [2.05, 4.69) is 32.7 Å². The number of alkyl halides is 8. The van der Waals surface area contributed by atoms with Crippen LogP contribution in [0.15, 0.2) is 36.4 Å². The van der Waals surface area contributed by atoms with E-state index >= 15 is 0 Å². The van der Waals surface area contributed by atoms with Crippen molar-refractivity contribution in [3.63, 3.8) is 0 Å². The summed E-state index contributed by atoms with van der Waals surface area (Å²) in [6.07, 6.45) is -9.38. The van der Waals surface area contributed by atoms with Crippen LogP contribution in [0.4, 0.5) is 37.7 Å². The Kier molecular flexibility index (Phi) is 7.75. The molecule has 0 aliphatic rings. The maximum absolute atomic E-state index is 13.6. The van der Waals surface area contributed by atoms with Crippen molar-refractivity contribution in [3.8, 4) is 17.2 Å². The van der Waals surface area contributed by atoms with Gasteiger partial charge in [-0.1, -0.05) is 23.2 Å². The van der Waals surface area contributed by atoms with Crippen LogP contribution in [0.5, 0.6) is 17.2 Å². The van der Waals surface area contributed by atoms with Gasteiger partial charge in [0.25, 0.3) is 22.9 Å². The molecule has 0 spiro atoms. The summed E-state index contributed by atoms with van der Waals surface area (Å²) in [6.45, 7) is 0.